The number of amides is 1. The van der Waals surface area contributed by atoms with Gasteiger partial charge in [0.15, 0.2) is 0 Å². The quantitative estimate of drug-likeness (QED) is 0.685. The Morgan fingerprint density at radius 2 is 1.93 bits per heavy atom. The Bertz CT molecular complexity index is 1140. The predicted octanol–water partition coefficient (Wildman–Crippen LogP) is 3.17. The fourth-order valence-electron chi connectivity index (χ4n) is 3.56. The Morgan fingerprint density at radius 1 is 1.15 bits per heavy atom. The number of aromatic nitrogens is 3. The van der Waals surface area contributed by atoms with Gasteiger partial charge in [-0.15, -0.1) is 11.3 Å². The van der Waals surface area contributed by atoms with Crippen molar-refractivity contribution >= 4 is 33.8 Å². The first kappa shape index (κ1) is 17.6. The van der Waals surface area contributed by atoms with E-state index in [1.165, 1.54) is 11.3 Å². The molecule has 0 fully saturated rings. The van der Waals surface area contributed by atoms with Crippen LogP contribution < -0.4 is 5.56 Å². The molecule has 3 aromatic rings. The van der Waals surface area contributed by atoms with E-state index in [0.717, 1.165) is 26.8 Å². The summed E-state index contributed by atoms with van der Waals surface area (Å²) >= 11 is 1.45. The maximum atomic E-state index is 12.8. The maximum absolute atomic E-state index is 12.8. The number of aryl methyl sites for hydroxylation is 3. The molecule has 1 amide bonds. The molecule has 0 N–H and O–H groups in total. The lowest BCUT2D eigenvalue weighted by atomic mass is 10.1. The summed E-state index contributed by atoms with van der Waals surface area (Å²) < 4.78 is 2.03. The second kappa shape index (κ2) is 6.74. The van der Waals surface area contributed by atoms with Crippen molar-refractivity contribution in [1.29, 1.82) is 0 Å². The van der Waals surface area contributed by atoms with E-state index in [2.05, 4.69) is 16.0 Å². The highest BCUT2D eigenvalue weighted by Gasteiger charge is 2.24. The summed E-state index contributed by atoms with van der Waals surface area (Å²) in [6.07, 6.45) is 2.76. The number of carbonyl (C=O) groups excluding carboxylic acids is 1. The molecule has 0 atom stereocenters. The van der Waals surface area contributed by atoms with Crippen LogP contribution in [0.1, 0.15) is 32.6 Å². The van der Waals surface area contributed by atoms with E-state index in [0.29, 0.717) is 30.7 Å². The van der Waals surface area contributed by atoms with E-state index in [1.54, 1.807) is 6.07 Å². The lowest BCUT2D eigenvalue weighted by Gasteiger charge is -2.28. The lowest BCUT2D eigenvalue weighted by Crippen LogP contribution is -2.35. The molecule has 2 aromatic heterocycles. The van der Waals surface area contributed by atoms with Gasteiger partial charge < -0.3 is 9.47 Å². The minimum Gasteiger partial charge on any atom is -0.334 e. The molecule has 27 heavy (non-hydrogen) atoms. The normalized spacial score (nSPS) is 14.5. The second-order valence-electron chi connectivity index (χ2n) is 6.66. The van der Waals surface area contributed by atoms with Crippen LogP contribution in [0.25, 0.3) is 16.6 Å². The number of rotatable bonds is 2. The zero-order valence-electron chi connectivity index (χ0n) is 15.5. The predicted molar refractivity (Wildman–Crippen MR) is 107 cm³/mol. The summed E-state index contributed by atoms with van der Waals surface area (Å²) in [4.78, 5) is 36.1. The van der Waals surface area contributed by atoms with E-state index in [-0.39, 0.29) is 11.5 Å². The van der Waals surface area contributed by atoms with Gasteiger partial charge >= 0.3 is 0 Å². The van der Waals surface area contributed by atoms with E-state index in [1.807, 2.05) is 48.4 Å². The molecule has 0 saturated heterocycles. The summed E-state index contributed by atoms with van der Waals surface area (Å²) in [7, 11) is 0. The Balaban J connectivity index is 1.67. The van der Waals surface area contributed by atoms with Crippen LogP contribution in [0.5, 0.6) is 0 Å². The van der Waals surface area contributed by atoms with Gasteiger partial charge in [0.2, 0.25) is 0 Å². The molecular weight excluding hydrogens is 360 g/mol. The molecule has 0 aliphatic carbocycles. The van der Waals surface area contributed by atoms with Crippen LogP contribution in [0.2, 0.25) is 0 Å². The molecular formula is C20H20N4O2S. The first-order chi connectivity index (χ1) is 13.0. The third-order valence-electron chi connectivity index (χ3n) is 4.82. The number of benzene rings is 1. The number of para-hydroxylation sites is 1. The Kier molecular flexibility index (Phi) is 4.39. The Morgan fingerprint density at radius 3 is 2.59 bits per heavy atom. The molecule has 7 heteroatoms. The largest absolute Gasteiger partial charge is 0.334 e. The van der Waals surface area contributed by atoms with Crippen molar-refractivity contribution in [2.45, 2.75) is 27.2 Å². The molecule has 0 spiro atoms. The van der Waals surface area contributed by atoms with Gasteiger partial charge in [0.25, 0.3) is 11.5 Å². The van der Waals surface area contributed by atoms with E-state index < -0.39 is 0 Å². The second-order valence-corrected chi connectivity index (χ2v) is 7.86. The highest BCUT2D eigenvalue weighted by molar-refractivity contribution is 7.13. The number of carbonyl (C=O) groups is 1. The van der Waals surface area contributed by atoms with Crippen molar-refractivity contribution in [3.05, 3.63) is 62.1 Å². The van der Waals surface area contributed by atoms with Crippen molar-refractivity contribution in [3.63, 3.8) is 0 Å². The molecule has 138 valence electrons. The first-order valence-electron chi connectivity index (χ1n) is 8.87. The number of nitrogens with zero attached hydrogens (tertiary/aromatic N) is 4. The smallest absolute Gasteiger partial charge is 0.280 e. The van der Waals surface area contributed by atoms with Gasteiger partial charge in [-0.25, -0.2) is 4.98 Å². The van der Waals surface area contributed by atoms with Crippen LogP contribution in [0.15, 0.2) is 35.1 Å². The molecule has 1 aliphatic heterocycles. The van der Waals surface area contributed by atoms with E-state index in [4.69, 9.17) is 0 Å². The van der Waals surface area contributed by atoms with Crippen LogP contribution in [-0.2, 0) is 0 Å². The van der Waals surface area contributed by atoms with E-state index in [9.17, 15) is 9.59 Å². The Hall–Kier alpha value is -2.80. The molecule has 0 saturated carbocycles. The highest BCUT2D eigenvalue weighted by atomic mass is 32.1. The summed E-state index contributed by atoms with van der Waals surface area (Å²) in [6, 6.07) is 7.51. The monoisotopic (exact) mass is 380 g/mol. The molecule has 0 bridgehead atoms. The fraction of sp³-hybridized carbons (Fsp3) is 0.300. The van der Waals surface area contributed by atoms with Gasteiger partial charge in [-0.1, -0.05) is 12.1 Å². The van der Waals surface area contributed by atoms with Gasteiger partial charge in [0, 0.05) is 25.2 Å². The van der Waals surface area contributed by atoms with Gasteiger partial charge in [0.1, 0.15) is 10.7 Å². The topological polar surface area (TPSA) is 68.1 Å². The van der Waals surface area contributed by atoms with Crippen molar-refractivity contribution in [2.75, 3.05) is 13.1 Å². The van der Waals surface area contributed by atoms with Crippen LogP contribution in [0, 0.1) is 20.8 Å². The average Bonchev–Trinajstić information content (AvgIpc) is 3.00. The number of hydrogen-bond donors (Lipinski definition) is 0. The SMILES string of the molecule is Cc1nc(C)c(C(=O)N2CC=C(n3c(C)nc(=O)c4ccccc43)CC2)s1. The summed E-state index contributed by atoms with van der Waals surface area (Å²) in [5, 5.41) is 1.52. The number of fused-ring (bicyclic) bond motifs is 1. The van der Waals surface area contributed by atoms with Crippen molar-refractivity contribution < 1.29 is 4.79 Å². The summed E-state index contributed by atoms with van der Waals surface area (Å²) in [5.41, 5.74) is 2.51. The van der Waals surface area contributed by atoms with E-state index >= 15 is 0 Å². The van der Waals surface area contributed by atoms with Crippen molar-refractivity contribution in [1.82, 2.24) is 19.4 Å². The average molecular weight is 380 g/mol. The van der Waals surface area contributed by atoms with Crippen LogP contribution in [0.3, 0.4) is 0 Å². The van der Waals surface area contributed by atoms with Crippen molar-refractivity contribution in [3.8, 4) is 0 Å². The first-order valence-corrected chi connectivity index (χ1v) is 9.68. The highest BCUT2D eigenvalue weighted by Crippen LogP contribution is 2.25. The lowest BCUT2D eigenvalue weighted by molar-refractivity contribution is 0.0776. The number of thiazole rings is 1. The van der Waals surface area contributed by atoms with Gasteiger partial charge in [-0.2, -0.15) is 4.98 Å². The standard InChI is InChI=1S/C20H20N4O2S/c1-12-18(27-14(3)21-12)20(26)23-10-8-15(9-11-23)24-13(2)22-19(25)16-6-4-5-7-17(16)24/h4-8H,9-11H2,1-3H3. The fourth-order valence-corrected chi connectivity index (χ4v) is 4.45. The Labute approximate surface area is 160 Å². The van der Waals surface area contributed by atoms with Crippen LogP contribution in [-0.4, -0.2) is 38.4 Å². The molecule has 1 aromatic carbocycles. The molecule has 0 radical (unpaired) electrons. The zero-order chi connectivity index (χ0) is 19.1. The van der Waals surface area contributed by atoms with Gasteiger partial charge in [-0.05, 0) is 39.0 Å². The summed E-state index contributed by atoms with van der Waals surface area (Å²) in [5.74, 6) is 0.701. The summed E-state index contributed by atoms with van der Waals surface area (Å²) in [6.45, 7) is 6.80. The van der Waals surface area contributed by atoms with Gasteiger partial charge in [0.05, 0.1) is 21.6 Å². The van der Waals surface area contributed by atoms with Crippen molar-refractivity contribution in [2.24, 2.45) is 0 Å². The molecule has 4 rings (SSSR count). The maximum Gasteiger partial charge on any atom is 0.280 e. The molecule has 1 aliphatic rings. The molecule has 0 unspecified atom stereocenters. The minimum absolute atomic E-state index is 0.0352. The van der Waals surface area contributed by atoms with Crippen LogP contribution >= 0.6 is 11.3 Å². The third kappa shape index (κ3) is 3.08. The molecule has 3 heterocycles. The minimum atomic E-state index is -0.205. The zero-order valence-corrected chi connectivity index (χ0v) is 16.3. The number of hydrogen-bond acceptors (Lipinski definition) is 5. The molecule has 6 nitrogen and oxygen atoms in total. The third-order valence-corrected chi connectivity index (χ3v) is 5.88. The van der Waals surface area contributed by atoms with Crippen LogP contribution in [0.4, 0.5) is 0 Å². The van der Waals surface area contributed by atoms with Gasteiger partial charge in [-0.3, -0.25) is 9.59 Å².